The number of anilines is 1. The Kier molecular flexibility index (Phi) is 7.91. The van der Waals surface area contributed by atoms with Gasteiger partial charge in [-0.2, -0.15) is 0 Å². The molecule has 1 aromatic rings. The summed E-state index contributed by atoms with van der Waals surface area (Å²) in [5, 5.41) is 10.2. The van der Waals surface area contributed by atoms with E-state index >= 15 is 0 Å². The summed E-state index contributed by atoms with van der Waals surface area (Å²) in [4.78, 5) is 45.4. The van der Waals surface area contributed by atoms with Gasteiger partial charge >= 0.3 is 5.97 Å². The van der Waals surface area contributed by atoms with Crippen molar-refractivity contribution in [2.45, 2.75) is 62.6 Å². The normalized spacial score (nSPS) is 30.7. The maximum Gasteiger partial charge on any atom is 0.311 e. The second-order valence-electron chi connectivity index (χ2n) is 10.5. The van der Waals surface area contributed by atoms with Crippen molar-refractivity contribution in [3.63, 3.8) is 0 Å². The van der Waals surface area contributed by atoms with E-state index in [-0.39, 0.29) is 42.7 Å². The molecule has 1 aromatic carbocycles. The van der Waals surface area contributed by atoms with Crippen LogP contribution in [0, 0.1) is 31.6 Å². The predicted molar refractivity (Wildman–Crippen MR) is 146 cm³/mol. The third-order valence-corrected chi connectivity index (χ3v) is 10.4. The second-order valence-corrected chi connectivity index (χ2v) is 12.0. The van der Waals surface area contributed by atoms with Crippen LogP contribution in [0.15, 0.2) is 43.5 Å². The molecule has 7 atom stereocenters. The minimum absolute atomic E-state index is 0.0271. The molecule has 2 bridgehead atoms. The number of nitrogens with zero attached hydrogens (tertiary/aromatic N) is 2. The van der Waals surface area contributed by atoms with Gasteiger partial charge in [0.1, 0.15) is 12.6 Å². The molecule has 3 aliphatic rings. The molecule has 1 N–H and O–H groups in total. The first-order valence-electron chi connectivity index (χ1n) is 13.1. The zero-order valence-electron chi connectivity index (χ0n) is 22.2. The molecule has 3 aliphatic heterocycles. The largest absolute Gasteiger partial charge is 0.461 e. The number of ether oxygens (including phenoxy) is 1. The molecule has 3 unspecified atom stereocenters. The zero-order chi connectivity index (χ0) is 27.1. The molecule has 4 rings (SSSR count). The number of amides is 2. The van der Waals surface area contributed by atoms with E-state index < -0.39 is 34.6 Å². The average molecular weight is 527 g/mol. The fourth-order valence-corrected chi connectivity index (χ4v) is 9.04. The fraction of sp³-hybridized carbons (Fsp3) is 0.552. The number of likely N-dealkylation sites (tertiary alicyclic amines) is 1. The Hall–Kier alpha value is -2.58. The standard InChI is InChI=1S/C29H38N2O5S/c1-7-12-30(21-14-17(4)10-11-18(21)5)27(34)25-29-19(6)15-22(37-29)23(28(35)36-13-8-2)24(29)26(33)31(25)20(9-3)16-32/h7-8,10-11,14,19-20,22-25,32H,1-2,9,12-13,15-16H2,3-6H3/t19?,20-,22-,23+,24-,25?,29?/m0/s1. The number of aliphatic hydroxyl groups is 1. The highest BCUT2D eigenvalue weighted by molar-refractivity contribution is 8.02. The molecule has 0 radical (unpaired) electrons. The van der Waals surface area contributed by atoms with E-state index in [2.05, 4.69) is 20.1 Å². The molecule has 3 heterocycles. The van der Waals surface area contributed by atoms with E-state index in [9.17, 15) is 19.5 Å². The van der Waals surface area contributed by atoms with Crippen LogP contribution >= 0.6 is 11.8 Å². The summed E-state index contributed by atoms with van der Waals surface area (Å²) in [6.07, 6.45) is 4.42. The van der Waals surface area contributed by atoms with Gasteiger partial charge in [-0.3, -0.25) is 14.4 Å². The van der Waals surface area contributed by atoms with E-state index in [1.165, 1.54) is 6.08 Å². The van der Waals surface area contributed by atoms with Crippen LogP contribution < -0.4 is 4.90 Å². The summed E-state index contributed by atoms with van der Waals surface area (Å²) in [5.41, 5.74) is 2.75. The Labute approximate surface area is 223 Å². The first-order valence-corrected chi connectivity index (χ1v) is 13.9. The van der Waals surface area contributed by atoms with Crippen molar-refractivity contribution in [3.8, 4) is 0 Å². The Morgan fingerprint density at radius 3 is 2.68 bits per heavy atom. The molecule has 8 heteroatoms. The molecule has 0 saturated carbocycles. The quantitative estimate of drug-likeness (QED) is 0.370. The average Bonchev–Trinajstić information content (AvgIpc) is 3.47. The number of aryl methyl sites for hydroxylation is 2. The minimum Gasteiger partial charge on any atom is -0.461 e. The zero-order valence-corrected chi connectivity index (χ0v) is 23.0. The summed E-state index contributed by atoms with van der Waals surface area (Å²) >= 11 is 1.60. The summed E-state index contributed by atoms with van der Waals surface area (Å²) in [7, 11) is 0. The lowest BCUT2D eigenvalue weighted by molar-refractivity contribution is -0.154. The van der Waals surface area contributed by atoms with Crippen molar-refractivity contribution in [2.75, 3.05) is 24.7 Å². The number of aliphatic hydroxyl groups excluding tert-OH is 1. The number of benzene rings is 1. The second kappa shape index (κ2) is 10.7. The number of hydrogen-bond acceptors (Lipinski definition) is 6. The number of rotatable bonds is 10. The van der Waals surface area contributed by atoms with Crippen LogP contribution in [0.2, 0.25) is 0 Å². The number of carbonyl (C=O) groups is 3. The van der Waals surface area contributed by atoms with Crippen LogP contribution in [0.1, 0.15) is 37.8 Å². The molecule has 1 spiro atoms. The molecule has 3 fully saturated rings. The molecule has 37 heavy (non-hydrogen) atoms. The number of fused-ring (bicyclic) bond motifs is 1. The topological polar surface area (TPSA) is 87.2 Å². The third kappa shape index (κ3) is 4.22. The van der Waals surface area contributed by atoms with Gasteiger partial charge in [-0.1, -0.05) is 44.7 Å². The minimum atomic E-state index is -0.816. The van der Waals surface area contributed by atoms with Gasteiger partial charge in [0.15, 0.2) is 0 Å². The van der Waals surface area contributed by atoms with E-state index in [1.807, 2.05) is 39.0 Å². The van der Waals surface area contributed by atoms with E-state index in [0.29, 0.717) is 6.42 Å². The van der Waals surface area contributed by atoms with Crippen molar-refractivity contribution in [1.82, 2.24) is 4.90 Å². The molecule has 7 nitrogen and oxygen atoms in total. The molecule has 0 aliphatic carbocycles. The van der Waals surface area contributed by atoms with Gasteiger partial charge in [0.25, 0.3) is 5.91 Å². The smallest absolute Gasteiger partial charge is 0.311 e. The summed E-state index contributed by atoms with van der Waals surface area (Å²) in [6.45, 7) is 15.5. The summed E-state index contributed by atoms with van der Waals surface area (Å²) in [5.74, 6) is -2.12. The first kappa shape index (κ1) is 27.5. The lowest BCUT2D eigenvalue weighted by Gasteiger charge is -2.42. The highest BCUT2D eigenvalue weighted by Crippen LogP contribution is 2.69. The van der Waals surface area contributed by atoms with Crippen LogP contribution in [-0.4, -0.2) is 69.6 Å². The molecular weight excluding hydrogens is 488 g/mol. The first-order chi connectivity index (χ1) is 17.7. The Balaban J connectivity index is 1.86. The van der Waals surface area contributed by atoms with Crippen LogP contribution in [0.5, 0.6) is 0 Å². The third-order valence-electron chi connectivity index (χ3n) is 8.34. The Morgan fingerprint density at radius 1 is 1.32 bits per heavy atom. The van der Waals surface area contributed by atoms with Gasteiger partial charge in [-0.15, -0.1) is 18.3 Å². The molecule has 2 amide bonds. The van der Waals surface area contributed by atoms with E-state index in [1.54, 1.807) is 27.6 Å². The van der Waals surface area contributed by atoms with Crippen molar-refractivity contribution in [3.05, 3.63) is 54.6 Å². The number of thioether (sulfide) groups is 1. The molecular formula is C29H38N2O5S. The number of esters is 1. The van der Waals surface area contributed by atoms with Gasteiger partial charge in [-0.25, -0.2) is 0 Å². The van der Waals surface area contributed by atoms with E-state index in [4.69, 9.17) is 4.74 Å². The van der Waals surface area contributed by atoms with Crippen molar-refractivity contribution in [1.29, 1.82) is 0 Å². The maximum absolute atomic E-state index is 14.7. The van der Waals surface area contributed by atoms with Gasteiger partial charge in [0.2, 0.25) is 5.91 Å². The van der Waals surface area contributed by atoms with Gasteiger partial charge in [0.05, 0.1) is 29.2 Å². The predicted octanol–water partition coefficient (Wildman–Crippen LogP) is 3.66. The van der Waals surface area contributed by atoms with Crippen LogP contribution in [0.25, 0.3) is 0 Å². The molecule has 3 saturated heterocycles. The highest BCUT2D eigenvalue weighted by atomic mass is 32.2. The van der Waals surface area contributed by atoms with Crippen molar-refractivity contribution < 1.29 is 24.2 Å². The summed E-state index contributed by atoms with van der Waals surface area (Å²) < 4.78 is 4.66. The van der Waals surface area contributed by atoms with Gasteiger partial charge in [0, 0.05) is 17.5 Å². The van der Waals surface area contributed by atoms with Gasteiger partial charge in [-0.05, 0) is 49.8 Å². The van der Waals surface area contributed by atoms with Crippen LogP contribution in [0.3, 0.4) is 0 Å². The summed E-state index contributed by atoms with van der Waals surface area (Å²) in [6, 6.07) is 4.63. The van der Waals surface area contributed by atoms with Crippen molar-refractivity contribution >= 4 is 35.2 Å². The highest BCUT2D eigenvalue weighted by Gasteiger charge is 2.77. The Morgan fingerprint density at radius 2 is 2.05 bits per heavy atom. The van der Waals surface area contributed by atoms with Crippen LogP contribution in [-0.2, 0) is 19.1 Å². The lowest BCUT2D eigenvalue weighted by atomic mass is 9.66. The molecule has 200 valence electrons. The lowest BCUT2D eigenvalue weighted by Crippen LogP contribution is -2.59. The monoisotopic (exact) mass is 526 g/mol. The maximum atomic E-state index is 14.7. The fourth-order valence-electron chi connectivity index (χ4n) is 6.65. The molecule has 0 aromatic heterocycles. The number of hydrogen-bond donors (Lipinski definition) is 1. The Bertz CT molecular complexity index is 1100. The van der Waals surface area contributed by atoms with Crippen molar-refractivity contribution in [2.24, 2.45) is 17.8 Å². The van der Waals surface area contributed by atoms with Crippen LogP contribution in [0.4, 0.5) is 5.69 Å². The number of carbonyl (C=O) groups excluding carboxylic acids is 3. The van der Waals surface area contributed by atoms with Gasteiger partial charge < -0.3 is 19.6 Å². The SMILES string of the molecule is C=CCOC(=O)[C@@H]1[C@@H]2CC(C)C3(S2)C(C(=O)N(CC=C)c2cc(C)ccc2C)N([C@@H](CC)CO)C(=O)[C@H]13. The van der Waals surface area contributed by atoms with E-state index in [0.717, 1.165) is 23.2 Å².